The number of likely N-dealkylation sites (N-methyl/N-ethyl adjacent to an activating group) is 1. The second-order valence-corrected chi connectivity index (χ2v) is 4.54. The van der Waals surface area contributed by atoms with Crippen LogP contribution in [-0.2, 0) is 0 Å². The van der Waals surface area contributed by atoms with E-state index in [0.717, 1.165) is 31.2 Å². The Morgan fingerprint density at radius 1 is 1.22 bits per heavy atom. The molecule has 0 aliphatic rings. The molecule has 1 N–H and O–H groups in total. The minimum absolute atomic E-state index is 0.320. The fourth-order valence-corrected chi connectivity index (χ4v) is 1.99. The van der Waals surface area contributed by atoms with Gasteiger partial charge in [-0.3, -0.25) is 4.99 Å². The first-order chi connectivity index (χ1) is 8.65. The first kappa shape index (κ1) is 14.7. The van der Waals surface area contributed by atoms with Gasteiger partial charge in [0.15, 0.2) is 0 Å². The molecule has 0 aliphatic heterocycles. The van der Waals surface area contributed by atoms with Crippen molar-refractivity contribution in [2.75, 3.05) is 25.0 Å². The van der Waals surface area contributed by atoms with Gasteiger partial charge in [-0.15, -0.1) is 0 Å². The molecule has 0 radical (unpaired) electrons. The van der Waals surface area contributed by atoms with E-state index in [2.05, 4.69) is 36.0 Å². The maximum atomic E-state index is 4.67. The predicted octanol–water partition coefficient (Wildman–Crippen LogP) is 3.25. The lowest BCUT2D eigenvalue weighted by atomic mass is 10.3. The number of amidine groups is 1. The van der Waals surface area contributed by atoms with Gasteiger partial charge in [-0.2, -0.15) is 0 Å². The van der Waals surface area contributed by atoms with Crippen molar-refractivity contribution in [1.82, 2.24) is 4.90 Å². The number of nitrogens with zero attached hydrogens (tertiary/aromatic N) is 2. The van der Waals surface area contributed by atoms with Crippen LogP contribution in [0.3, 0.4) is 0 Å². The summed E-state index contributed by atoms with van der Waals surface area (Å²) < 4.78 is 0. The largest absolute Gasteiger partial charge is 0.344 e. The van der Waals surface area contributed by atoms with Crippen LogP contribution in [0.1, 0.15) is 27.7 Å². The van der Waals surface area contributed by atoms with Crippen LogP contribution in [0.4, 0.5) is 5.69 Å². The summed E-state index contributed by atoms with van der Waals surface area (Å²) in [5, 5.41) is 3.31. The van der Waals surface area contributed by atoms with Gasteiger partial charge in [0.1, 0.15) is 0 Å². The molecule has 100 valence electrons. The number of para-hydroxylation sites is 1. The van der Waals surface area contributed by atoms with Crippen molar-refractivity contribution in [3.63, 3.8) is 0 Å². The second kappa shape index (κ2) is 7.88. The lowest BCUT2D eigenvalue weighted by Crippen LogP contribution is -2.30. The first-order valence-electron chi connectivity index (χ1n) is 6.74. The second-order valence-electron chi connectivity index (χ2n) is 4.54. The summed E-state index contributed by atoms with van der Waals surface area (Å²) in [6.07, 6.45) is 0. The number of rotatable bonds is 6. The first-order valence-corrected chi connectivity index (χ1v) is 6.74. The quantitative estimate of drug-likeness (QED) is 0.617. The van der Waals surface area contributed by atoms with Gasteiger partial charge in [0.05, 0.1) is 11.9 Å². The number of nitrogens with one attached hydrogen (secondary N) is 1. The third-order valence-electron chi connectivity index (χ3n) is 2.93. The minimum atomic E-state index is 0.320. The summed E-state index contributed by atoms with van der Waals surface area (Å²) in [4.78, 5) is 7.06. The van der Waals surface area contributed by atoms with Gasteiger partial charge < -0.3 is 10.2 Å². The Morgan fingerprint density at radius 3 is 2.39 bits per heavy atom. The van der Waals surface area contributed by atoms with Crippen LogP contribution in [0.2, 0.25) is 0 Å². The molecule has 0 amide bonds. The van der Waals surface area contributed by atoms with Gasteiger partial charge in [0, 0.05) is 12.2 Å². The molecule has 0 heterocycles. The van der Waals surface area contributed by atoms with Crippen molar-refractivity contribution in [3.05, 3.63) is 30.3 Å². The van der Waals surface area contributed by atoms with Crippen molar-refractivity contribution in [2.45, 2.75) is 33.7 Å². The zero-order valence-corrected chi connectivity index (χ0v) is 12.0. The molecule has 1 aromatic carbocycles. The highest BCUT2D eigenvalue weighted by molar-refractivity contribution is 5.93. The topological polar surface area (TPSA) is 27.6 Å². The number of anilines is 1. The molecule has 0 fully saturated rings. The zero-order valence-electron chi connectivity index (χ0n) is 12.0. The van der Waals surface area contributed by atoms with Gasteiger partial charge in [-0.05, 0) is 39.1 Å². The molecule has 3 heteroatoms. The van der Waals surface area contributed by atoms with E-state index in [1.54, 1.807) is 0 Å². The predicted molar refractivity (Wildman–Crippen MR) is 80.4 cm³/mol. The Hall–Kier alpha value is -1.35. The Balaban J connectivity index is 2.50. The normalized spacial score (nSPS) is 13.7. The zero-order chi connectivity index (χ0) is 13.4. The van der Waals surface area contributed by atoms with Crippen LogP contribution in [-0.4, -0.2) is 36.4 Å². The Labute approximate surface area is 111 Å². The van der Waals surface area contributed by atoms with Crippen molar-refractivity contribution in [3.8, 4) is 0 Å². The van der Waals surface area contributed by atoms with E-state index in [0.29, 0.717) is 6.04 Å². The van der Waals surface area contributed by atoms with Crippen LogP contribution in [0.15, 0.2) is 35.3 Å². The smallest absolute Gasteiger partial charge is 0.0979 e. The molecule has 0 saturated carbocycles. The number of benzene rings is 1. The lowest BCUT2D eigenvalue weighted by Gasteiger charge is -2.21. The summed E-state index contributed by atoms with van der Waals surface area (Å²) >= 11 is 0. The Kier molecular flexibility index (Phi) is 6.44. The molecule has 18 heavy (non-hydrogen) atoms. The fraction of sp³-hybridized carbons (Fsp3) is 0.533. The molecule has 1 rings (SSSR count). The average Bonchev–Trinajstić information content (AvgIpc) is 2.36. The molecule has 0 spiro atoms. The number of hydrogen-bond acceptors (Lipinski definition) is 2. The van der Waals surface area contributed by atoms with E-state index in [4.69, 9.17) is 0 Å². The molecule has 1 aromatic rings. The van der Waals surface area contributed by atoms with Gasteiger partial charge in [0.2, 0.25) is 0 Å². The fourth-order valence-electron chi connectivity index (χ4n) is 1.99. The van der Waals surface area contributed by atoms with Crippen LogP contribution < -0.4 is 5.32 Å². The SMILES string of the molecule is CCN(CC)CC(C)/N=C(\C)Nc1ccccc1. The van der Waals surface area contributed by atoms with Gasteiger partial charge in [-0.25, -0.2) is 0 Å². The Bertz CT molecular complexity index is 355. The highest BCUT2D eigenvalue weighted by Gasteiger charge is 2.05. The summed E-state index contributed by atoms with van der Waals surface area (Å²) in [5.74, 6) is 0.973. The van der Waals surface area contributed by atoms with E-state index < -0.39 is 0 Å². The summed E-state index contributed by atoms with van der Waals surface area (Å²) in [6, 6.07) is 10.5. The molecular formula is C15H25N3. The number of aliphatic imine (C=N–C) groups is 1. The monoisotopic (exact) mass is 247 g/mol. The van der Waals surface area contributed by atoms with Crippen LogP contribution in [0, 0.1) is 0 Å². The average molecular weight is 247 g/mol. The maximum absolute atomic E-state index is 4.67. The van der Waals surface area contributed by atoms with E-state index >= 15 is 0 Å². The van der Waals surface area contributed by atoms with Crippen LogP contribution in [0.5, 0.6) is 0 Å². The summed E-state index contributed by atoms with van der Waals surface area (Å²) in [7, 11) is 0. The number of hydrogen-bond donors (Lipinski definition) is 1. The van der Waals surface area contributed by atoms with Crippen molar-refractivity contribution >= 4 is 11.5 Å². The summed E-state index contributed by atoms with van der Waals surface area (Å²) in [6.45, 7) is 11.7. The molecule has 0 aliphatic carbocycles. The maximum Gasteiger partial charge on any atom is 0.0979 e. The molecular weight excluding hydrogens is 222 g/mol. The van der Waals surface area contributed by atoms with E-state index in [1.807, 2.05) is 37.3 Å². The molecule has 0 aromatic heterocycles. The van der Waals surface area contributed by atoms with Crippen LogP contribution in [0.25, 0.3) is 0 Å². The van der Waals surface area contributed by atoms with Crippen molar-refractivity contribution < 1.29 is 0 Å². The minimum Gasteiger partial charge on any atom is -0.344 e. The lowest BCUT2D eigenvalue weighted by molar-refractivity contribution is 0.289. The molecule has 3 nitrogen and oxygen atoms in total. The van der Waals surface area contributed by atoms with Gasteiger partial charge in [-0.1, -0.05) is 32.0 Å². The van der Waals surface area contributed by atoms with Gasteiger partial charge in [0.25, 0.3) is 0 Å². The van der Waals surface area contributed by atoms with E-state index in [9.17, 15) is 0 Å². The van der Waals surface area contributed by atoms with Crippen molar-refractivity contribution in [2.24, 2.45) is 4.99 Å². The van der Waals surface area contributed by atoms with Crippen molar-refractivity contribution in [1.29, 1.82) is 0 Å². The third kappa shape index (κ3) is 5.32. The van der Waals surface area contributed by atoms with E-state index in [1.165, 1.54) is 0 Å². The summed E-state index contributed by atoms with van der Waals surface area (Å²) in [5.41, 5.74) is 1.09. The molecule has 0 saturated heterocycles. The molecule has 0 bridgehead atoms. The standard InChI is InChI=1S/C15H25N3/c1-5-18(6-2)12-13(3)16-14(4)17-15-10-8-7-9-11-15/h7-11,13H,5-6,12H2,1-4H3,(H,16,17). The molecule has 1 unspecified atom stereocenters. The highest BCUT2D eigenvalue weighted by atomic mass is 15.1. The molecule has 1 atom stereocenters. The Morgan fingerprint density at radius 2 is 1.83 bits per heavy atom. The highest BCUT2D eigenvalue weighted by Crippen LogP contribution is 2.05. The van der Waals surface area contributed by atoms with Gasteiger partial charge >= 0.3 is 0 Å². The third-order valence-corrected chi connectivity index (χ3v) is 2.93. The van der Waals surface area contributed by atoms with Crippen LogP contribution >= 0.6 is 0 Å². The van der Waals surface area contributed by atoms with E-state index in [-0.39, 0.29) is 0 Å².